The first kappa shape index (κ1) is 26.0. The Kier molecular flexibility index (Phi) is 9.30. The number of para-hydroxylation sites is 1. The van der Waals surface area contributed by atoms with Crippen LogP contribution in [0.5, 0.6) is 0 Å². The molecule has 1 aliphatic rings. The van der Waals surface area contributed by atoms with Crippen molar-refractivity contribution in [2.75, 3.05) is 0 Å². The van der Waals surface area contributed by atoms with Crippen LogP contribution in [0.3, 0.4) is 0 Å². The third-order valence-corrected chi connectivity index (χ3v) is 6.94. The number of halogens is 2. The van der Waals surface area contributed by atoms with Crippen LogP contribution in [-0.4, -0.2) is 33.7 Å². The van der Waals surface area contributed by atoms with E-state index in [9.17, 15) is 19.7 Å². The Hall–Kier alpha value is -2.64. The maximum Gasteiger partial charge on any atom is 0.273 e. The summed E-state index contributed by atoms with van der Waals surface area (Å²) >= 11 is 12.2. The standard InChI is InChI=1S/C25H29Cl2N3O4/c1-2-22(25(32)28-19-9-4-3-5-10-19)29(16-17-12-13-20(26)21(27)14-17)24(31)15-18-8-6-7-11-23(18)30(33)34/h6-8,11-14,19,22H,2-5,9-10,15-16H2,1H3,(H,28,32)/t22-/m1/s1. The van der Waals surface area contributed by atoms with E-state index < -0.39 is 11.0 Å². The number of nitro groups is 1. The van der Waals surface area contributed by atoms with Gasteiger partial charge in [0, 0.05) is 24.2 Å². The molecule has 1 N–H and O–H groups in total. The minimum Gasteiger partial charge on any atom is -0.352 e. The van der Waals surface area contributed by atoms with Gasteiger partial charge in [-0.2, -0.15) is 0 Å². The minimum absolute atomic E-state index is 0.104. The third-order valence-electron chi connectivity index (χ3n) is 6.20. The molecule has 9 heteroatoms. The highest BCUT2D eigenvalue weighted by molar-refractivity contribution is 6.42. The Morgan fingerprint density at radius 2 is 1.82 bits per heavy atom. The van der Waals surface area contributed by atoms with Gasteiger partial charge in [-0.3, -0.25) is 19.7 Å². The van der Waals surface area contributed by atoms with E-state index >= 15 is 0 Å². The summed E-state index contributed by atoms with van der Waals surface area (Å²) in [6.07, 6.45) is 5.39. The van der Waals surface area contributed by atoms with E-state index in [0.717, 1.165) is 25.7 Å². The highest BCUT2D eigenvalue weighted by Gasteiger charge is 2.31. The summed E-state index contributed by atoms with van der Waals surface area (Å²) in [7, 11) is 0. The Bertz CT molecular complexity index is 1040. The van der Waals surface area contributed by atoms with E-state index in [1.54, 1.807) is 36.4 Å². The van der Waals surface area contributed by atoms with E-state index in [0.29, 0.717) is 27.6 Å². The van der Waals surface area contributed by atoms with Gasteiger partial charge in [-0.25, -0.2) is 0 Å². The zero-order valence-corrected chi connectivity index (χ0v) is 20.6. The molecule has 2 amide bonds. The van der Waals surface area contributed by atoms with E-state index in [2.05, 4.69) is 5.32 Å². The molecular formula is C25H29Cl2N3O4. The molecule has 1 aliphatic carbocycles. The number of nitrogens with one attached hydrogen (secondary N) is 1. The van der Waals surface area contributed by atoms with Crippen molar-refractivity contribution < 1.29 is 14.5 Å². The van der Waals surface area contributed by atoms with Crippen LogP contribution >= 0.6 is 23.2 Å². The zero-order valence-electron chi connectivity index (χ0n) is 19.1. The van der Waals surface area contributed by atoms with Gasteiger partial charge in [0.05, 0.1) is 21.4 Å². The number of rotatable bonds is 9. The van der Waals surface area contributed by atoms with Crippen molar-refractivity contribution in [1.82, 2.24) is 10.2 Å². The lowest BCUT2D eigenvalue weighted by atomic mass is 9.95. The van der Waals surface area contributed by atoms with Gasteiger partial charge >= 0.3 is 0 Å². The van der Waals surface area contributed by atoms with E-state index in [4.69, 9.17) is 23.2 Å². The summed E-state index contributed by atoms with van der Waals surface area (Å²) in [5.74, 6) is -0.573. The van der Waals surface area contributed by atoms with Crippen LogP contribution in [0.25, 0.3) is 0 Å². The molecule has 2 aromatic rings. The summed E-state index contributed by atoms with van der Waals surface area (Å²) in [6, 6.07) is 10.6. The quantitative estimate of drug-likeness (QED) is 0.349. The van der Waals surface area contributed by atoms with E-state index in [-0.39, 0.29) is 36.5 Å². The topological polar surface area (TPSA) is 92.6 Å². The normalized spacial score (nSPS) is 14.9. The summed E-state index contributed by atoms with van der Waals surface area (Å²) < 4.78 is 0. The van der Waals surface area contributed by atoms with Crippen molar-refractivity contribution in [1.29, 1.82) is 0 Å². The van der Waals surface area contributed by atoms with Gasteiger partial charge in [0.25, 0.3) is 5.69 Å². The maximum atomic E-state index is 13.5. The Labute approximate surface area is 209 Å². The molecule has 0 aromatic heterocycles. The Balaban J connectivity index is 1.88. The van der Waals surface area contributed by atoms with Crippen LogP contribution in [-0.2, 0) is 22.6 Å². The lowest BCUT2D eigenvalue weighted by Gasteiger charge is -2.33. The second-order valence-corrected chi connectivity index (χ2v) is 9.41. The minimum atomic E-state index is -0.716. The van der Waals surface area contributed by atoms with Crippen LogP contribution in [0.15, 0.2) is 42.5 Å². The van der Waals surface area contributed by atoms with Crippen LogP contribution in [0, 0.1) is 10.1 Å². The fourth-order valence-corrected chi connectivity index (χ4v) is 4.72. The molecule has 34 heavy (non-hydrogen) atoms. The van der Waals surface area contributed by atoms with Crippen LogP contribution in [0.2, 0.25) is 10.0 Å². The molecule has 1 fully saturated rings. The van der Waals surface area contributed by atoms with Crippen LogP contribution in [0.1, 0.15) is 56.6 Å². The molecule has 0 bridgehead atoms. The predicted molar refractivity (Wildman–Crippen MR) is 133 cm³/mol. The molecule has 0 aliphatic heterocycles. The van der Waals surface area contributed by atoms with Crippen LogP contribution < -0.4 is 5.32 Å². The lowest BCUT2D eigenvalue weighted by Crippen LogP contribution is -2.52. The lowest BCUT2D eigenvalue weighted by molar-refractivity contribution is -0.385. The molecule has 0 saturated heterocycles. The third kappa shape index (κ3) is 6.70. The second-order valence-electron chi connectivity index (χ2n) is 8.60. The molecule has 1 atom stereocenters. The van der Waals surface area contributed by atoms with E-state index in [1.807, 2.05) is 6.92 Å². The molecule has 182 valence electrons. The Morgan fingerprint density at radius 3 is 2.47 bits per heavy atom. The number of nitrogens with zero attached hydrogens (tertiary/aromatic N) is 2. The molecule has 3 rings (SSSR count). The SMILES string of the molecule is CC[C@H](C(=O)NC1CCCCC1)N(Cc1ccc(Cl)c(Cl)c1)C(=O)Cc1ccccc1[N+](=O)[O-]. The average molecular weight is 506 g/mol. The van der Waals surface area contributed by atoms with Crippen molar-refractivity contribution in [2.24, 2.45) is 0 Å². The van der Waals surface area contributed by atoms with Gasteiger partial charge in [-0.05, 0) is 37.0 Å². The highest BCUT2D eigenvalue weighted by Crippen LogP contribution is 2.26. The molecule has 0 unspecified atom stereocenters. The van der Waals surface area contributed by atoms with Gasteiger partial charge in [-0.15, -0.1) is 0 Å². The largest absolute Gasteiger partial charge is 0.352 e. The van der Waals surface area contributed by atoms with Gasteiger partial charge in [0.1, 0.15) is 6.04 Å². The number of benzene rings is 2. The molecule has 2 aromatic carbocycles. The molecule has 0 radical (unpaired) electrons. The summed E-state index contributed by atoms with van der Waals surface area (Å²) in [6.45, 7) is 1.98. The summed E-state index contributed by atoms with van der Waals surface area (Å²) in [4.78, 5) is 39.2. The van der Waals surface area contributed by atoms with Crippen molar-refractivity contribution in [2.45, 2.75) is 70.5 Å². The molecule has 0 spiro atoms. The van der Waals surface area contributed by atoms with Gasteiger partial charge < -0.3 is 10.2 Å². The van der Waals surface area contributed by atoms with Crippen molar-refractivity contribution in [3.8, 4) is 0 Å². The number of carbonyl (C=O) groups excluding carboxylic acids is 2. The van der Waals surface area contributed by atoms with Crippen molar-refractivity contribution >= 4 is 40.7 Å². The number of amides is 2. The second kappa shape index (κ2) is 12.2. The van der Waals surface area contributed by atoms with Gasteiger partial charge in [0.15, 0.2) is 0 Å². The highest BCUT2D eigenvalue weighted by atomic mass is 35.5. The number of nitro benzene ring substituents is 1. The molecule has 1 saturated carbocycles. The maximum absolute atomic E-state index is 13.5. The van der Waals surface area contributed by atoms with Crippen molar-refractivity contribution in [3.05, 3.63) is 73.8 Å². The van der Waals surface area contributed by atoms with E-state index in [1.165, 1.54) is 17.4 Å². The fourth-order valence-electron chi connectivity index (χ4n) is 4.40. The fraction of sp³-hybridized carbons (Fsp3) is 0.440. The zero-order chi connectivity index (χ0) is 24.7. The van der Waals surface area contributed by atoms with Crippen LogP contribution in [0.4, 0.5) is 5.69 Å². The first-order valence-electron chi connectivity index (χ1n) is 11.6. The van der Waals surface area contributed by atoms with Gasteiger partial charge in [0.2, 0.25) is 11.8 Å². The summed E-state index contributed by atoms with van der Waals surface area (Å²) in [5.41, 5.74) is 0.901. The number of hydrogen-bond acceptors (Lipinski definition) is 4. The van der Waals surface area contributed by atoms with Gasteiger partial charge in [-0.1, -0.05) is 73.7 Å². The Morgan fingerprint density at radius 1 is 1.12 bits per heavy atom. The molecular weight excluding hydrogens is 477 g/mol. The number of hydrogen-bond donors (Lipinski definition) is 1. The average Bonchev–Trinajstić information content (AvgIpc) is 2.82. The monoisotopic (exact) mass is 505 g/mol. The smallest absolute Gasteiger partial charge is 0.273 e. The predicted octanol–water partition coefficient (Wildman–Crippen LogP) is 5.70. The van der Waals surface area contributed by atoms with Crippen molar-refractivity contribution in [3.63, 3.8) is 0 Å². The summed E-state index contributed by atoms with van der Waals surface area (Å²) in [5, 5.41) is 15.3. The number of carbonyl (C=O) groups is 2. The first-order chi connectivity index (χ1) is 16.3. The molecule has 0 heterocycles. The molecule has 7 nitrogen and oxygen atoms in total. The first-order valence-corrected chi connectivity index (χ1v) is 12.3.